The molecule has 0 saturated heterocycles. The van der Waals surface area contributed by atoms with Crippen molar-refractivity contribution in [2.75, 3.05) is 0 Å². The molecule has 2 aromatic carbocycles. The first kappa shape index (κ1) is 19.0. The van der Waals surface area contributed by atoms with Crippen molar-refractivity contribution in [3.63, 3.8) is 0 Å². The molecule has 27 heavy (non-hydrogen) atoms. The monoisotopic (exact) mass is 505 g/mol. The summed E-state index contributed by atoms with van der Waals surface area (Å²) in [5.41, 5.74) is 3.38. The van der Waals surface area contributed by atoms with Crippen molar-refractivity contribution >= 4 is 56.8 Å². The number of fused-ring (bicyclic) bond motifs is 3. The van der Waals surface area contributed by atoms with Crippen molar-refractivity contribution < 1.29 is 8.42 Å². The van der Waals surface area contributed by atoms with Crippen LogP contribution in [0.3, 0.4) is 0 Å². The van der Waals surface area contributed by atoms with Crippen molar-refractivity contribution in [3.8, 4) is 0 Å². The predicted octanol–water partition coefficient (Wildman–Crippen LogP) is 5.47. The first-order valence-electron chi connectivity index (χ1n) is 8.80. The molecule has 0 spiro atoms. The van der Waals surface area contributed by atoms with Crippen molar-refractivity contribution in [2.45, 2.75) is 25.0 Å². The molecule has 0 saturated carbocycles. The summed E-state index contributed by atoms with van der Waals surface area (Å²) >= 11 is 3.72. The average Bonchev–Trinajstić information content (AvgIpc) is 2.99. The van der Waals surface area contributed by atoms with Gasteiger partial charge < -0.3 is 0 Å². The third-order valence-corrected chi connectivity index (χ3v) is 12.9. The molecule has 2 aliphatic rings. The fourth-order valence-corrected chi connectivity index (χ4v) is 9.95. The standard InChI is InChI=1S/C18H11ClNO2S.3CH3.Sn/c19-12-9-10-16-15(11-12)14-7-4-8-17(18(14)20-16)23(21,22)13-5-2-1-3-6-13;;;;/h1-6,8-11,17H;3*1H3;. The Balaban J connectivity index is 1.93. The number of allylic oxidation sites excluding steroid dienone is 3. The molecular formula is C21H20ClNO2SSn. The average molecular weight is 505 g/mol. The van der Waals surface area contributed by atoms with Gasteiger partial charge in [0.1, 0.15) is 0 Å². The van der Waals surface area contributed by atoms with E-state index in [1.807, 2.05) is 30.4 Å². The van der Waals surface area contributed by atoms with E-state index in [-0.39, 0.29) is 0 Å². The van der Waals surface area contributed by atoms with Crippen molar-refractivity contribution in [1.29, 1.82) is 0 Å². The quantitative estimate of drug-likeness (QED) is 0.521. The van der Waals surface area contributed by atoms with E-state index in [0.717, 1.165) is 16.8 Å². The molecule has 4 rings (SSSR count). The van der Waals surface area contributed by atoms with Crippen LogP contribution in [0, 0.1) is 0 Å². The Morgan fingerprint density at radius 2 is 1.74 bits per heavy atom. The Morgan fingerprint density at radius 1 is 1.04 bits per heavy atom. The first-order valence-corrected chi connectivity index (χ1v) is 20.7. The Kier molecular flexibility index (Phi) is 4.64. The molecule has 1 aliphatic carbocycles. The fourth-order valence-electron chi connectivity index (χ4n) is 3.61. The van der Waals surface area contributed by atoms with Crippen LogP contribution in [0.1, 0.15) is 5.56 Å². The second-order valence-corrected chi connectivity index (χ2v) is 24.7. The van der Waals surface area contributed by atoms with E-state index in [0.29, 0.717) is 15.6 Å². The molecule has 1 atom stereocenters. The van der Waals surface area contributed by atoms with Gasteiger partial charge in [-0.1, -0.05) is 0 Å². The van der Waals surface area contributed by atoms with Gasteiger partial charge in [-0.2, -0.15) is 0 Å². The maximum atomic E-state index is 13.3. The Bertz CT molecular complexity index is 1130. The maximum absolute atomic E-state index is 13.3. The van der Waals surface area contributed by atoms with Crippen molar-refractivity contribution in [2.24, 2.45) is 4.99 Å². The van der Waals surface area contributed by atoms with Gasteiger partial charge >= 0.3 is 170 Å². The number of benzene rings is 2. The molecule has 0 fully saturated rings. The van der Waals surface area contributed by atoms with Crippen LogP contribution in [-0.4, -0.2) is 37.8 Å². The van der Waals surface area contributed by atoms with E-state index in [1.165, 1.54) is 3.59 Å². The summed E-state index contributed by atoms with van der Waals surface area (Å²) in [5.74, 6) is 0. The summed E-state index contributed by atoms with van der Waals surface area (Å²) in [6, 6.07) is 14.2. The van der Waals surface area contributed by atoms with E-state index in [1.54, 1.807) is 30.3 Å². The Hall–Kier alpha value is -1.37. The van der Waals surface area contributed by atoms with E-state index in [9.17, 15) is 8.42 Å². The van der Waals surface area contributed by atoms with E-state index in [4.69, 9.17) is 16.6 Å². The van der Waals surface area contributed by atoms with Crippen LogP contribution in [0.2, 0.25) is 19.8 Å². The van der Waals surface area contributed by atoms with Crippen molar-refractivity contribution in [3.05, 3.63) is 74.9 Å². The van der Waals surface area contributed by atoms with E-state index >= 15 is 0 Å². The molecular weight excluding hydrogens is 484 g/mol. The number of aliphatic imine (C=N–C) groups is 1. The zero-order valence-electron chi connectivity index (χ0n) is 15.4. The molecule has 0 amide bonds. The van der Waals surface area contributed by atoms with Crippen LogP contribution < -0.4 is 0 Å². The van der Waals surface area contributed by atoms with Gasteiger partial charge in [0.2, 0.25) is 0 Å². The molecule has 0 bridgehead atoms. The zero-order chi connectivity index (χ0) is 19.4. The minimum absolute atomic E-state index is 0.318. The molecule has 138 valence electrons. The Labute approximate surface area is 169 Å². The molecule has 1 unspecified atom stereocenters. The van der Waals surface area contributed by atoms with Crippen LogP contribution in [-0.2, 0) is 9.84 Å². The molecule has 1 aliphatic heterocycles. The van der Waals surface area contributed by atoms with Crippen LogP contribution in [0.25, 0.3) is 5.57 Å². The Morgan fingerprint density at radius 3 is 2.41 bits per heavy atom. The van der Waals surface area contributed by atoms with Gasteiger partial charge in [0, 0.05) is 0 Å². The molecule has 0 N–H and O–H groups in total. The van der Waals surface area contributed by atoms with E-state index < -0.39 is 33.5 Å². The van der Waals surface area contributed by atoms with Gasteiger partial charge in [-0.05, 0) is 0 Å². The predicted molar refractivity (Wildman–Crippen MR) is 115 cm³/mol. The van der Waals surface area contributed by atoms with Gasteiger partial charge in [-0.3, -0.25) is 0 Å². The molecule has 0 radical (unpaired) electrons. The number of rotatable bonds is 3. The summed E-state index contributed by atoms with van der Waals surface area (Å²) in [5, 5.41) is -0.142. The van der Waals surface area contributed by atoms with Gasteiger partial charge in [0.05, 0.1) is 0 Å². The van der Waals surface area contributed by atoms with E-state index in [2.05, 4.69) is 14.8 Å². The number of hydrogen-bond acceptors (Lipinski definition) is 3. The van der Waals surface area contributed by atoms with Gasteiger partial charge in [0.25, 0.3) is 0 Å². The van der Waals surface area contributed by atoms with Gasteiger partial charge in [-0.15, -0.1) is 0 Å². The van der Waals surface area contributed by atoms with Gasteiger partial charge in [-0.25, -0.2) is 0 Å². The fraction of sp³-hybridized carbons (Fsp3) is 0.190. The molecule has 2 aromatic rings. The topological polar surface area (TPSA) is 46.5 Å². The van der Waals surface area contributed by atoms with Gasteiger partial charge in [0.15, 0.2) is 0 Å². The summed E-state index contributed by atoms with van der Waals surface area (Å²) in [7, 11) is -3.57. The van der Waals surface area contributed by atoms with Crippen LogP contribution >= 0.6 is 11.6 Å². The molecule has 1 heterocycles. The second kappa shape index (κ2) is 6.60. The third-order valence-electron chi connectivity index (χ3n) is 4.92. The van der Waals surface area contributed by atoms with Crippen molar-refractivity contribution in [1.82, 2.24) is 0 Å². The first-order chi connectivity index (χ1) is 12.7. The number of hydrogen-bond donors (Lipinski definition) is 0. The van der Waals surface area contributed by atoms with Crippen LogP contribution in [0.4, 0.5) is 5.69 Å². The van der Waals surface area contributed by atoms with Crippen LogP contribution in [0.15, 0.2) is 74.2 Å². The SMILES string of the molecule is [CH3][Sn]([CH3])([CH3])[C]1=C2C(=Nc3ccc(Cl)cc32)C(S(=O)(=O)c2ccccc2)C=C1. The second-order valence-electron chi connectivity index (χ2n) is 7.83. The number of nitrogens with zero attached hydrogens (tertiary/aromatic N) is 1. The molecule has 6 heteroatoms. The third kappa shape index (κ3) is 3.22. The number of halogens is 1. The summed E-state index contributed by atoms with van der Waals surface area (Å²) in [4.78, 5) is 12.1. The van der Waals surface area contributed by atoms with Crippen LogP contribution in [0.5, 0.6) is 0 Å². The number of sulfone groups is 1. The summed E-state index contributed by atoms with van der Waals surface area (Å²) in [6.07, 6.45) is 3.85. The molecule has 3 nitrogen and oxygen atoms in total. The minimum atomic E-state index is -3.57. The summed E-state index contributed by atoms with van der Waals surface area (Å²) in [6.45, 7) is 0. The summed E-state index contributed by atoms with van der Waals surface area (Å²) < 4.78 is 28.0. The zero-order valence-corrected chi connectivity index (χ0v) is 19.8. The molecule has 0 aromatic heterocycles. The normalized spacial score (nSPS) is 19.0.